The van der Waals surface area contributed by atoms with Crippen LogP contribution in [0.15, 0.2) is 35.2 Å². The molecule has 15 heavy (non-hydrogen) atoms. The van der Waals surface area contributed by atoms with E-state index in [9.17, 15) is 13.2 Å². The van der Waals surface area contributed by atoms with Crippen LogP contribution >= 0.6 is 31.9 Å². The highest BCUT2D eigenvalue weighted by Gasteiger charge is 2.44. The first-order valence-electron chi connectivity index (χ1n) is 3.98. The van der Waals surface area contributed by atoms with Crippen molar-refractivity contribution in [3.8, 4) is 0 Å². The molecule has 1 aromatic carbocycles. The van der Waals surface area contributed by atoms with Crippen LogP contribution in [0.5, 0.6) is 0 Å². The Morgan fingerprint density at radius 1 is 1.20 bits per heavy atom. The van der Waals surface area contributed by atoms with Gasteiger partial charge in [-0.3, -0.25) is 4.79 Å². The molecule has 0 aromatic heterocycles. The second-order valence-corrected chi connectivity index (χ2v) is 9.47. The fourth-order valence-corrected chi connectivity index (χ4v) is 3.25. The summed E-state index contributed by atoms with van der Waals surface area (Å²) in [7, 11) is -3.75. The Kier molecular flexibility index (Phi) is 3.73. The number of alkyl halides is 2. The van der Waals surface area contributed by atoms with Crippen LogP contribution < -0.4 is 0 Å². The second-order valence-electron chi connectivity index (χ2n) is 2.89. The molecule has 0 atom stereocenters. The number of Topliss-reactive ketones (excluding diaryl/α,β-unsaturated/α-hetero) is 1. The number of carbonyl (C=O) groups is 1. The van der Waals surface area contributed by atoms with Crippen molar-refractivity contribution in [3.05, 3.63) is 30.3 Å². The summed E-state index contributed by atoms with van der Waals surface area (Å²) in [5, 5.41) is 0. The van der Waals surface area contributed by atoms with Crippen LogP contribution in [0.2, 0.25) is 0 Å². The first-order chi connectivity index (χ1) is 6.80. The quantitative estimate of drug-likeness (QED) is 0.783. The average Bonchev–Trinajstić information content (AvgIpc) is 2.18. The van der Waals surface area contributed by atoms with E-state index in [4.69, 9.17) is 0 Å². The third-order valence-corrected chi connectivity index (χ3v) is 7.33. The smallest absolute Gasteiger partial charge is 0.242 e. The molecule has 0 saturated carbocycles. The number of carbonyl (C=O) groups excluding carboxylic acids is 1. The summed E-state index contributed by atoms with van der Waals surface area (Å²) in [6, 6.07) is 7.79. The van der Waals surface area contributed by atoms with Crippen molar-refractivity contribution in [1.82, 2.24) is 0 Å². The van der Waals surface area contributed by atoms with Gasteiger partial charge in [-0.25, -0.2) is 8.42 Å². The Hall–Kier alpha value is -0.200. The molecule has 0 aliphatic rings. The van der Waals surface area contributed by atoms with E-state index in [0.29, 0.717) is 0 Å². The number of sulfone groups is 1. The van der Waals surface area contributed by atoms with Crippen molar-refractivity contribution in [2.24, 2.45) is 0 Å². The minimum atomic E-state index is -3.75. The topological polar surface area (TPSA) is 51.2 Å². The molecule has 0 heterocycles. The lowest BCUT2D eigenvalue weighted by molar-refractivity contribution is -0.115. The second kappa shape index (κ2) is 4.35. The van der Waals surface area contributed by atoms with Crippen LogP contribution in [0.1, 0.15) is 6.92 Å². The average molecular weight is 356 g/mol. The molecule has 0 amide bonds. The number of hydrogen-bond acceptors (Lipinski definition) is 3. The van der Waals surface area contributed by atoms with E-state index in [2.05, 4.69) is 31.9 Å². The van der Waals surface area contributed by atoms with Crippen molar-refractivity contribution >= 4 is 47.5 Å². The van der Waals surface area contributed by atoms with Gasteiger partial charge in [0, 0.05) is 0 Å². The summed E-state index contributed by atoms with van der Waals surface area (Å²) >= 11 is 5.77. The number of ketones is 1. The Labute approximate surface area is 105 Å². The molecular formula is C9H8Br2O3S. The summed E-state index contributed by atoms with van der Waals surface area (Å²) in [4.78, 5) is 11.3. The lowest BCUT2D eigenvalue weighted by Gasteiger charge is -2.17. The summed E-state index contributed by atoms with van der Waals surface area (Å²) in [5.41, 5.74) is 0. The molecule has 6 heteroatoms. The highest BCUT2D eigenvalue weighted by Crippen LogP contribution is 2.38. The number of halogens is 2. The van der Waals surface area contributed by atoms with Gasteiger partial charge in [0.1, 0.15) is 0 Å². The molecule has 0 saturated heterocycles. The first-order valence-corrected chi connectivity index (χ1v) is 7.05. The van der Waals surface area contributed by atoms with Gasteiger partial charge in [0.2, 0.25) is 12.4 Å². The monoisotopic (exact) mass is 354 g/mol. The number of benzene rings is 1. The molecule has 1 rings (SSSR count). The zero-order chi connectivity index (χ0) is 11.7. The van der Waals surface area contributed by atoms with E-state index in [0.717, 1.165) is 0 Å². The standard InChI is InChI=1S/C9H8Br2O3S/c1-7(12)9(10,11)15(13,14)8-5-3-2-4-6-8/h2-6H,1H3. The van der Waals surface area contributed by atoms with Crippen LogP contribution in [0, 0.1) is 0 Å². The van der Waals surface area contributed by atoms with Crippen molar-refractivity contribution in [1.29, 1.82) is 0 Å². The van der Waals surface area contributed by atoms with Crippen molar-refractivity contribution < 1.29 is 13.2 Å². The highest BCUT2D eigenvalue weighted by atomic mass is 79.9. The predicted molar refractivity (Wildman–Crippen MR) is 64.9 cm³/mol. The third-order valence-electron chi connectivity index (χ3n) is 1.80. The minimum Gasteiger partial charge on any atom is -0.296 e. The predicted octanol–water partition coefficient (Wildman–Crippen LogP) is 2.49. The van der Waals surface area contributed by atoms with Crippen LogP contribution in [-0.2, 0) is 14.6 Å². The lowest BCUT2D eigenvalue weighted by Crippen LogP contribution is -2.32. The zero-order valence-corrected chi connectivity index (χ0v) is 11.8. The molecule has 0 bridgehead atoms. The van der Waals surface area contributed by atoms with E-state index in [-0.39, 0.29) is 4.90 Å². The fraction of sp³-hybridized carbons (Fsp3) is 0.222. The molecule has 1 aromatic rings. The van der Waals surface area contributed by atoms with Gasteiger partial charge in [0.25, 0.3) is 0 Å². The maximum Gasteiger partial charge on any atom is 0.242 e. The molecule has 0 fully saturated rings. The molecule has 0 unspecified atom stereocenters. The first kappa shape index (κ1) is 12.9. The maximum atomic E-state index is 12.0. The molecule has 0 aliphatic carbocycles. The van der Waals surface area contributed by atoms with Gasteiger partial charge < -0.3 is 0 Å². The van der Waals surface area contributed by atoms with E-state index in [1.54, 1.807) is 18.2 Å². The van der Waals surface area contributed by atoms with Gasteiger partial charge in [0.15, 0.2) is 5.78 Å². The summed E-state index contributed by atoms with van der Waals surface area (Å²) in [6.07, 6.45) is 0. The minimum absolute atomic E-state index is 0.0916. The number of rotatable bonds is 3. The normalized spacial score (nSPS) is 12.5. The lowest BCUT2D eigenvalue weighted by atomic mass is 10.4. The van der Waals surface area contributed by atoms with Crippen molar-refractivity contribution in [2.45, 2.75) is 14.4 Å². The maximum absolute atomic E-state index is 12.0. The van der Waals surface area contributed by atoms with Gasteiger partial charge in [0.05, 0.1) is 4.90 Å². The summed E-state index contributed by atoms with van der Waals surface area (Å²) in [5.74, 6) is -0.522. The van der Waals surface area contributed by atoms with Crippen LogP contribution in [0.25, 0.3) is 0 Å². The Morgan fingerprint density at radius 3 is 2.07 bits per heavy atom. The molecule has 0 radical (unpaired) electrons. The molecule has 0 spiro atoms. The molecule has 0 N–H and O–H groups in total. The van der Waals surface area contributed by atoms with Gasteiger partial charge in [-0.05, 0) is 50.9 Å². The van der Waals surface area contributed by atoms with Crippen molar-refractivity contribution in [2.75, 3.05) is 0 Å². The fourth-order valence-electron chi connectivity index (χ4n) is 0.937. The zero-order valence-electron chi connectivity index (χ0n) is 7.78. The molecule has 82 valence electrons. The molecule has 3 nitrogen and oxygen atoms in total. The van der Waals surface area contributed by atoms with Gasteiger partial charge in [-0.15, -0.1) is 0 Å². The Bertz CT molecular complexity index is 465. The van der Waals surface area contributed by atoms with Gasteiger partial charge in [-0.2, -0.15) is 0 Å². The van der Waals surface area contributed by atoms with Gasteiger partial charge >= 0.3 is 0 Å². The van der Waals surface area contributed by atoms with E-state index in [1.807, 2.05) is 0 Å². The van der Waals surface area contributed by atoms with E-state index < -0.39 is 18.2 Å². The Balaban J connectivity index is 3.33. The van der Waals surface area contributed by atoms with Gasteiger partial charge in [-0.1, -0.05) is 18.2 Å². The molecular weight excluding hydrogens is 348 g/mol. The Morgan fingerprint density at radius 2 is 1.67 bits per heavy atom. The summed E-state index contributed by atoms with van der Waals surface area (Å²) < 4.78 is 22.2. The SMILES string of the molecule is CC(=O)C(Br)(Br)S(=O)(=O)c1ccccc1. The number of hydrogen-bond donors (Lipinski definition) is 0. The summed E-state index contributed by atoms with van der Waals surface area (Å²) in [6.45, 7) is 1.20. The van der Waals surface area contributed by atoms with E-state index >= 15 is 0 Å². The largest absolute Gasteiger partial charge is 0.296 e. The highest BCUT2D eigenvalue weighted by molar-refractivity contribution is 9.28. The van der Waals surface area contributed by atoms with E-state index in [1.165, 1.54) is 19.1 Å². The van der Waals surface area contributed by atoms with Crippen LogP contribution in [0.4, 0.5) is 0 Å². The van der Waals surface area contributed by atoms with Crippen molar-refractivity contribution in [3.63, 3.8) is 0 Å². The molecule has 0 aliphatic heterocycles. The van der Waals surface area contributed by atoms with Crippen LogP contribution in [-0.4, -0.2) is 16.8 Å². The van der Waals surface area contributed by atoms with Crippen LogP contribution in [0.3, 0.4) is 0 Å². The third kappa shape index (κ3) is 2.32.